The fraction of sp³-hybridized carbons (Fsp3) is 1.00. The van der Waals surface area contributed by atoms with E-state index in [0.29, 0.717) is 12.2 Å². The number of aliphatic hydroxyl groups is 1. The lowest BCUT2D eigenvalue weighted by Crippen LogP contribution is -2.32. The quantitative estimate of drug-likeness (QED) is 0.423. The van der Waals surface area contributed by atoms with E-state index in [1.165, 1.54) is 83.5 Å². The Hall–Kier alpha value is -0.120. The highest BCUT2D eigenvalue weighted by atomic mass is 16.7. The minimum absolute atomic E-state index is 0.0269. The highest BCUT2D eigenvalue weighted by Gasteiger charge is 2.31. The van der Waals surface area contributed by atoms with Gasteiger partial charge >= 0.3 is 0 Å². The van der Waals surface area contributed by atoms with E-state index in [4.69, 9.17) is 9.47 Å². The Morgan fingerprint density at radius 3 is 1.86 bits per heavy atom. The summed E-state index contributed by atoms with van der Waals surface area (Å²) < 4.78 is 12.5. The van der Waals surface area contributed by atoms with Gasteiger partial charge in [-0.05, 0) is 101 Å². The van der Waals surface area contributed by atoms with Crippen LogP contribution in [0.4, 0.5) is 0 Å². The molecular formula is C26H48O3. The van der Waals surface area contributed by atoms with E-state index in [2.05, 4.69) is 20.8 Å². The van der Waals surface area contributed by atoms with E-state index in [1.807, 2.05) is 0 Å². The van der Waals surface area contributed by atoms with E-state index >= 15 is 0 Å². The fourth-order valence-corrected chi connectivity index (χ4v) is 6.50. The van der Waals surface area contributed by atoms with Crippen molar-refractivity contribution in [2.45, 2.75) is 142 Å². The van der Waals surface area contributed by atoms with Crippen LogP contribution in [0.2, 0.25) is 0 Å². The van der Waals surface area contributed by atoms with Gasteiger partial charge in [-0.3, -0.25) is 0 Å². The van der Waals surface area contributed by atoms with E-state index in [-0.39, 0.29) is 12.4 Å². The molecule has 0 aliphatic heterocycles. The third kappa shape index (κ3) is 7.51. The minimum Gasteiger partial charge on any atom is -0.393 e. The van der Waals surface area contributed by atoms with Gasteiger partial charge in [0.05, 0.1) is 18.3 Å². The summed E-state index contributed by atoms with van der Waals surface area (Å²) in [5.41, 5.74) is 0. The van der Waals surface area contributed by atoms with Gasteiger partial charge in [0.25, 0.3) is 0 Å². The van der Waals surface area contributed by atoms with E-state index in [1.54, 1.807) is 0 Å². The molecule has 0 bridgehead atoms. The third-order valence-corrected chi connectivity index (χ3v) is 8.45. The van der Waals surface area contributed by atoms with Crippen molar-refractivity contribution in [1.29, 1.82) is 0 Å². The van der Waals surface area contributed by atoms with Crippen molar-refractivity contribution >= 4 is 0 Å². The SMILES string of the molecule is CCC(CC(C)C1CCC(OC(C)OC2CCCCC2)CC1)C1CCC(O)CC1. The van der Waals surface area contributed by atoms with Crippen LogP contribution < -0.4 is 0 Å². The molecule has 3 rings (SSSR count). The number of rotatable bonds is 9. The van der Waals surface area contributed by atoms with Crippen molar-refractivity contribution in [2.75, 3.05) is 0 Å². The molecule has 0 aromatic carbocycles. The Balaban J connectivity index is 1.35. The predicted octanol–water partition coefficient (Wildman–Crippen LogP) is 6.86. The van der Waals surface area contributed by atoms with Crippen LogP contribution in [0.15, 0.2) is 0 Å². The summed E-state index contributed by atoms with van der Waals surface area (Å²) in [6.07, 6.45) is 19.5. The molecular weight excluding hydrogens is 360 g/mol. The topological polar surface area (TPSA) is 38.7 Å². The van der Waals surface area contributed by atoms with Crippen LogP contribution in [-0.2, 0) is 9.47 Å². The largest absolute Gasteiger partial charge is 0.393 e. The zero-order chi connectivity index (χ0) is 20.6. The highest BCUT2D eigenvalue weighted by molar-refractivity contribution is 4.82. The van der Waals surface area contributed by atoms with Gasteiger partial charge in [0.2, 0.25) is 0 Å². The Kier molecular flexibility index (Phi) is 9.78. The van der Waals surface area contributed by atoms with Crippen molar-refractivity contribution in [1.82, 2.24) is 0 Å². The molecule has 0 radical (unpaired) electrons. The Morgan fingerprint density at radius 2 is 1.28 bits per heavy atom. The zero-order valence-electron chi connectivity index (χ0n) is 19.5. The highest BCUT2D eigenvalue weighted by Crippen LogP contribution is 2.40. The van der Waals surface area contributed by atoms with Crippen LogP contribution in [0, 0.1) is 23.7 Å². The second kappa shape index (κ2) is 12.1. The molecule has 3 unspecified atom stereocenters. The van der Waals surface area contributed by atoms with Crippen molar-refractivity contribution in [3.63, 3.8) is 0 Å². The van der Waals surface area contributed by atoms with Gasteiger partial charge in [0.1, 0.15) is 0 Å². The van der Waals surface area contributed by atoms with Crippen molar-refractivity contribution in [2.24, 2.45) is 23.7 Å². The number of ether oxygens (including phenoxy) is 2. The van der Waals surface area contributed by atoms with E-state index < -0.39 is 0 Å². The maximum Gasteiger partial charge on any atom is 0.155 e. The first-order valence-corrected chi connectivity index (χ1v) is 13.0. The second-order valence-electron chi connectivity index (χ2n) is 10.6. The van der Waals surface area contributed by atoms with Gasteiger partial charge in [-0.25, -0.2) is 0 Å². The molecule has 0 spiro atoms. The molecule has 3 atom stereocenters. The summed E-state index contributed by atoms with van der Waals surface area (Å²) in [7, 11) is 0. The van der Waals surface area contributed by atoms with Crippen LogP contribution in [0.25, 0.3) is 0 Å². The maximum absolute atomic E-state index is 9.83. The molecule has 170 valence electrons. The molecule has 3 heteroatoms. The normalized spacial score (nSPS) is 35.2. The van der Waals surface area contributed by atoms with Crippen LogP contribution in [0.1, 0.15) is 117 Å². The minimum atomic E-state index is -0.0387. The Labute approximate surface area is 180 Å². The zero-order valence-corrected chi connectivity index (χ0v) is 19.5. The summed E-state index contributed by atoms with van der Waals surface area (Å²) in [6, 6.07) is 0. The lowest BCUT2D eigenvalue weighted by molar-refractivity contribution is -0.196. The average Bonchev–Trinajstić information content (AvgIpc) is 2.74. The standard InChI is InChI=1S/C26H48O3/c1-4-21(23-10-14-24(27)15-11-23)18-19(2)22-12-16-26(17-13-22)29-20(3)28-25-8-6-5-7-9-25/h19-27H,4-18H2,1-3H3. The van der Waals surface area contributed by atoms with Crippen molar-refractivity contribution in [3.05, 3.63) is 0 Å². The molecule has 3 fully saturated rings. The second-order valence-corrected chi connectivity index (χ2v) is 10.6. The smallest absolute Gasteiger partial charge is 0.155 e. The lowest BCUT2D eigenvalue weighted by atomic mass is 9.70. The molecule has 0 aromatic heterocycles. The maximum atomic E-state index is 9.83. The third-order valence-electron chi connectivity index (χ3n) is 8.45. The molecule has 3 aliphatic carbocycles. The molecule has 29 heavy (non-hydrogen) atoms. The predicted molar refractivity (Wildman–Crippen MR) is 120 cm³/mol. The van der Waals surface area contributed by atoms with Gasteiger partial charge in [0.15, 0.2) is 6.29 Å². The molecule has 1 N–H and O–H groups in total. The monoisotopic (exact) mass is 408 g/mol. The molecule has 0 saturated heterocycles. The van der Waals surface area contributed by atoms with Gasteiger partial charge in [-0.2, -0.15) is 0 Å². The summed E-state index contributed by atoms with van der Waals surface area (Å²) in [5.74, 6) is 3.40. The first-order valence-electron chi connectivity index (χ1n) is 13.0. The number of hydrogen-bond donors (Lipinski definition) is 1. The molecule has 3 nitrogen and oxygen atoms in total. The van der Waals surface area contributed by atoms with Crippen molar-refractivity contribution < 1.29 is 14.6 Å². The first-order chi connectivity index (χ1) is 14.0. The molecule has 0 heterocycles. The van der Waals surface area contributed by atoms with E-state index in [0.717, 1.165) is 36.5 Å². The summed E-state index contributed by atoms with van der Waals surface area (Å²) in [4.78, 5) is 0. The van der Waals surface area contributed by atoms with Gasteiger partial charge < -0.3 is 14.6 Å². The first kappa shape index (κ1) is 23.5. The van der Waals surface area contributed by atoms with Gasteiger partial charge in [-0.1, -0.05) is 39.5 Å². The molecule has 3 aliphatic rings. The van der Waals surface area contributed by atoms with Crippen LogP contribution in [-0.4, -0.2) is 29.7 Å². The molecule has 0 amide bonds. The van der Waals surface area contributed by atoms with Gasteiger partial charge in [0, 0.05) is 0 Å². The lowest BCUT2D eigenvalue weighted by Gasteiger charge is -2.37. The summed E-state index contributed by atoms with van der Waals surface area (Å²) in [6.45, 7) is 6.98. The average molecular weight is 409 g/mol. The van der Waals surface area contributed by atoms with Crippen LogP contribution in [0.3, 0.4) is 0 Å². The van der Waals surface area contributed by atoms with Crippen molar-refractivity contribution in [3.8, 4) is 0 Å². The fourth-order valence-electron chi connectivity index (χ4n) is 6.50. The molecule has 0 aromatic rings. The number of hydrogen-bond acceptors (Lipinski definition) is 3. The molecule has 3 saturated carbocycles. The van der Waals surface area contributed by atoms with Crippen LogP contribution in [0.5, 0.6) is 0 Å². The summed E-state index contributed by atoms with van der Waals surface area (Å²) >= 11 is 0. The van der Waals surface area contributed by atoms with Crippen LogP contribution >= 0.6 is 0 Å². The van der Waals surface area contributed by atoms with E-state index in [9.17, 15) is 5.11 Å². The number of aliphatic hydroxyl groups excluding tert-OH is 1. The Morgan fingerprint density at radius 1 is 0.724 bits per heavy atom. The Bertz CT molecular complexity index is 431. The summed E-state index contributed by atoms with van der Waals surface area (Å²) in [5, 5.41) is 9.83. The van der Waals surface area contributed by atoms with Gasteiger partial charge in [-0.15, -0.1) is 0 Å².